The van der Waals surface area contributed by atoms with E-state index in [9.17, 15) is 4.79 Å². The first-order chi connectivity index (χ1) is 11.7. The lowest BCUT2D eigenvalue weighted by Crippen LogP contribution is -2.01. The Hall–Kier alpha value is -2.86. The predicted molar refractivity (Wildman–Crippen MR) is 94.1 cm³/mol. The molecule has 0 aliphatic carbocycles. The number of aromatic nitrogens is 1. The van der Waals surface area contributed by atoms with Crippen molar-refractivity contribution in [1.29, 1.82) is 0 Å². The summed E-state index contributed by atoms with van der Waals surface area (Å²) >= 11 is 1.47. The Kier molecular flexibility index (Phi) is 5.08. The van der Waals surface area contributed by atoms with E-state index in [1.54, 1.807) is 24.5 Å². The van der Waals surface area contributed by atoms with Gasteiger partial charge in [0.1, 0.15) is 12.4 Å². The van der Waals surface area contributed by atoms with Crippen molar-refractivity contribution in [2.75, 3.05) is 5.32 Å². The molecule has 6 heteroatoms. The number of aryl methyl sites for hydroxylation is 1. The van der Waals surface area contributed by atoms with Crippen LogP contribution in [0.5, 0.6) is 0 Å². The molecular formula is C18H16N2O3S. The third-order valence-electron chi connectivity index (χ3n) is 3.14. The standard InChI is InChI=1S/C18H16N2O3S/c1-13-4-6-14(7-5-13)19-18-20-15(12-24-18)11-23-17(21)9-8-16-3-2-10-22-16/h2-10,12H,11H2,1H3,(H,19,20)/b9-8+. The van der Waals surface area contributed by atoms with Crippen LogP contribution in [0.15, 0.2) is 58.5 Å². The summed E-state index contributed by atoms with van der Waals surface area (Å²) in [4.78, 5) is 16.0. The molecule has 5 nitrogen and oxygen atoms in total. The number of furan rings is 1. The molecule has 0 saturated heterocycles. The van der Waals surface area contributed by atoms with Gasteiger partial charge in [0.15, 0.2) is 5.13 Å². The largest absolute Gasteiger partial charge is 0.465 e. The summed E-state index contributed by atoms with van der Waals surface area (Å²) in [6.45, 7) is 2.17. The van der Waals surface area contributed by atoms with Crippen molar-refractivity contribution in [2.45, 2.75) is 13.5 Å². The molecule has 0 atom stereocenters. The van der Waals surface area contributed by atoms with Crippen LogP contribution >= 0.6 is 11.3 Å². The van der Waals surface area contributed by atoms with E-state index in [2.05, 4.69) is 10.3 Å². The second kappa shape index (κ2) is 7.61. The molecule has 24 heavy (non-hydrogen) atoms. The number of nitrogens with zero attached hydrogens (tertiary/aromatic N) is 1. The molecule has 3 aromatic rings. The highest BCUT2D eigenvalue weighted by atomic mass is 32.1. The normalized spacial score (nSPS) is 10.9. The van der Waals surface area contributed by atoms with E-state index in [0.29, 0.717) is 11.5 Å². The summed E-state index contributed by atoms with van der Waals surface area (Å²) in [5.41, 5.74) is 2.88. The average molecular weight is 340 g/mol. The summed E-state index contributed by atoms with van der Waals surface area (Å²) < 4.78 is 10.3. The first-order valence-corrected chi connectivity index (χ1v) is 8.23. The molecule has 0 aliphatic rings. The Morgan fingerprint density at radius 2 is 2.17 bits per heavy atom. The van der Waals surface area contributed by atoms with Crippen molar-refractivity contribution >= 4 is 34.2 Å². The molecular weight excluding hydrogens is 324 g/mol. The number of anilines is 2. The van der Waals surface area contributed by atoms with Crippen LogP contribution in [0.25, 0.3) is 6.08 Å². The molecule has 122 valence electrons. The number of rotatable bonds is 6. The molecule has 2 aromatic heterocycles. The molecule has 0 bridgehead atoms. The van der Waals surface area contributed by atoms with Crippen LogP contribution in [-0.4, -0.2) is 11.0 Å². The quantitative estimate of drug-likeness (QED) is 0.527. The molecule has 0 fully saturated rings. The zero-order valence-corrected chi connectivity index (χ0v) is 13.9. The van der Waals surface area contributed by atoms with Gasteiger partial charge in [-0.15, -0.1) is 11.3 Å². The molecule has 0 radical (unpaired) electrons. The Morgan fingerprint density at radius 1 is 1.33 bits per heavy atom. The van der Waals surface area contributed by atoms with Gasteiger partial charge in [0, 0.05) is 17.1 Å². The van der Waals surface area contributed by atoms with Gasteiger partial charge in [-0.3, -0.25) is 0 Å². The van der Waals surface area contributed by atoms with Crippen LogP contribution in [0.3, 0.4) is 0 Å². The minimum Gasteiger partial charge on any atom is -0.465 e. The number of carbonyl (C=O) groups excluding carboxylic acids is 1. The fraction of sp³-hybridized carbons (Fsp3) is 0.111. The minimum absolute atomic E-state index is 0.132. The summed E-state index contributed by atoms with van der Waals surface area (Å²) in [5.74, 6) is 0.164. The molecule has 1 aromatic carbocycles. The Morgan fingerprint density at radius 3 is 2.92 bits per heavy atom. The Bertz CT molecular complexity index is 820. The number of carbonyl (C=O) groups is 1. The molecule has 0 saturated carbocycles. The number of ether oxygens (including phenoxy) is 1. The predicted octanol–water partition coefficient (Wildman–Crippen LogP) is 4.54. The zero-order valence-electron chi connectivity index (χ0n) is 13.1. The lowest BCUT2D eigenvalue weighted by atomic mass is 10.2. The lowest BCUT2D eigenvalue weighted by Gasteiger charge is -2.02. The highest BCUT2D eigenvalue weighted by Gasteiger charge is 2.05. The van der Waals surface area contributed by atoms with E-state index in [1.807, 2.05) is 36.6 Å². The number of hydrogen-bond acceptors (Lipinski definition) is 6. The Labute approximate surface area is 143 Å². The molecule has 0 spiro atoms. The number of nitrogens with one attached hydrogen (secondary N) is 1. The SMILES string of the molecule is Cc1ccc(Nc2nc(COC(=O)/C=C/c3ccco3)cs2)cc1. The third kappa shape index (κ3) is 4.57. The van der Waals surface area contributed by atoms with E-state index in [4.69, 9.17) is 9.15 Å². The highest BCUT2D eigenvalue weighted by Crippen LogP contribution is 2.21. The summed E-state index contributed by atoms with van der Waals surface area (Å²) in [6.07, 6.45) is 4.44. The van der Waals surface area contributed by atoms with Gasteiger partial charge in [-0.25, -0.2) is 9.78 Å². The van der Waals surface area contributed by atoms with E-state index in [1.165, 1.54) is 23.0 Å². The van der Waals surface area contributed by atoms with Gasteiger partial charge in [0.05, 0.1) is 12.0 Å². The van der Waals surface area contributed by atoms with Gasteiger partial charge in [-0.05, 0) is 37.3 Å². The van der Waals surface area contributed by atoms with Gasteiger partial charge in [-0.2, -0.15) is 0 Å². The van der Waals surface area contributed by atoms with Crippen molar-refractivity contribution < 1.29 is 13.9 Å². The zero-order chi connectivity index (χ0) is 16.8. The first kappa shape index (κ1) is 16.0. The van der Waals surface area contributed by atoms with E-state index in [-0.39, 0.29) is 6.61 Å². The van der Waals surface area contributed by atoms with Gasteiger partial charge in [0.25, 0.3) is 0 Å². The van der Waals surface area contributed by atoms with Crippen LogP contribution in [-0.2, 0) is 16.1 Å². The monoisotopic (exact) mass is 340 g/mol. The third-order valence-corrected chi connectivity index (χ3v) is 3.95. The average Bonchev–Trinajstić information content (AvgIpc) is 3.25. The molecule has 0 unspecified atom stereocenters. The number of hydrogen-bond donors (Lipinski definition) is 1. The van der Waals surface area contributed by atoms with Crippen molar-refractivity contribution in [3.05, 3.63) is 71.1 Å². The minimum atomic E-state index is -0.438. The number of benzene rings is 1. The second-order valence-electron chi connectivity index (χ2n) is 5.09. The molecule has 0 amide bonds. The van der Waals surface area contributed by atoms with Crippen LogP contribution in [0.4, 0.5) is 10.8 Å². The van der Waals surface area contributed by atoms with Crippen molar-refractivity contribution in [3.8, 4) is 0 Å². The fourth-order valence-corrected chi connectivity index (χ4v) is 2.64. The lowest BCUT2D eigenvalue weighted by molar-refractivity contribution is -0.139. The van der Waals surface area contributed by atoms with Gasteiger partial charge < -0.3 is 14.5 Å². The van der Waals surface area contributed by atoms with Crippen LogP contribution < -0.4 is 5.32 Å². The molecule has 1 N–H and O–H groups in total. The van der Waals surface area contributed by atoms with Gasteiger partial charge in [0.2, 0.25) is 0 Å². The molecule has 3 rings (SSSR count). The first-order valence-electron chi connectivity index (χ1n) is 7.35. The topological polar surface area (TPSA) is 64.4 Å². The van der Waals surface area contributed by atoms with Crippen LogP contribution in [0, 0.1) is 6.92 Å². The van der Waals surface area contributed by atoms with E-state index < -0.39 is 5.97 Å². The maximum absolute atomic E-state index is 11.7. The van der Waals surface area contributed by atoms with Gasteiger partial charge >= 0.3 is 5.97 Å². The number of thiazole rings is 1. The second-order valence-corrected chi connectivity index (χ2v) is 5.95. The summed E-state index contributed by atoms with van der Waals surface area (Å²) in [6, 6.07) is 11.6. The van der Waals surface area contributed by atoms with E-state index >= 15 is 0 Å². The molecule has 0 aliphatic heterocycles. The maximum Gasteiger partial charge on any atom is 0.331 e. The Balaban J connectivity index is 1.50. The fourth-order valence-electron chi connectivity index (χ4n) is 1.92. The number of esters is 1. The van der Waals surface area contributed by atoms with E-state index in [0.717, 1.165) is 10.8 Å². The summed E-state index contributed by atoms with van der Waals surface area (Å²) in [7, 11) is 0. The van der Waals surface area contributed by atoms with Crippen molar-refractivity contribution in [2.24, 2.45) is 0 Å². The van der Waals surface area contributed by atoms with Crippen LogP contribution in [0.2, 0.25) is 0 Å². The highest BCUT2D eigenvalue weighted by molar-refractivity contribution is 7.13. The molecule has 2 heterocycles. The van der Waals surface area contributed by atoms with Gasteiger partial charge in [-0.1, -0.05) is 17.7 Å². The van der Waals surface area contributed by atoms with Crippen molar-refractivity contribution in [1.82, 2.24) is 4.98 Å². The van der Waals surface area contributed by atoms with Crippen LogP contribution in [0.1, 0.15) is 17.0 Å². The summed E-state index contributed by atoms with van der Waals surface area (Å²) in [5, 5.41) is 5.84. The maximum atomic E-state index is 11.7. The smallest absolute Gasteiger partial charge is 0.331 e. The van der Waals surface area contributed by atoms with Crippen molar-refractivity contribution in [3.63, 3.8) is 0 Å².